The van der Waals surface area contributed by atoms with E-state index in [1.807, 2.05) is 6.92 Å². The molecule has 1 heterocycles. The highest BCUT2D eigenvalue weighted by Gasteiger charge is 2.26. The molecule has 1 saturated carbocycles. The van der Waals surface area contributed by atoms with E-state index in [-0.39, 0.29) is 6.10 Å². The third-order valence-corrected chi connectivity index (χ3v) is 4.26. The molecule has 0 saturated heterocycles. The van der Waals surface area contributed by atoms with E-state index in [2.05, 4.69) is 22.3 Å². The van der Waals surface area contributed by atoms with Gasteiger partial charge in [-0.3, -0.25) is 4.90 Å². The first-order chi connectivity index (χ1) is 7.66. The summed E-state index contributed by atoms with van der Waals surface area (Å²) >= 11 is 1.71. The minimum atomic E-state index is -0.153. The lowest BCUT2D eigenvalue weighted by Crippen LogP contribution is -2.42. The fourth-order valence-electron chi connectivity index (χ4n) is 2.41. The van der Waals surface area contributed by atoms with Crippen LogP contribution in [0.5, 0.6) is 0 Å². The van der Waals surface area contributed by atoms with Gasteiger partial charge in [-0.05, 0) is 26.8 Å². The zero-order chi connectivity index (χ0) is 11.5. The fourth-order valence-corrected chi connectivity index (χ4v) is 3.25. The third-order valence-electron chi connectivity index (χ3n) is 3.31. The van der Waals surface area contributed by atoms with Crippen molar-refractivity contribution in [3.05, 3.63) is 16.1 Å². The topological polar surface area (TPSA) is 36.4 Å². The molecule has 0 radical (unpaired) electrons. The second-order valence-electron chi connectivity index (χ2n) is 4.72. The Hall–Kier alpha value is -0.450. The molecule has 0 amide bonds. The highest BCUT2D eigenvalue weighted by Crippen LogP contribution is 2.24. The van der Waals surface area contributed by atoms with Gasteiger partial charge in [0.05, 0.1) is 12.6 Å². The Labute approximate surface area is 101 Å². The van der Waals surface area contributed by atoms with Crippen LogP contribution in [-0.2, 0) is 6.54 Å². The van der Waals surface area contributed by atoms with Gasteiger partial charge in [-0.25, -0.2) is 4.98 Å². The average molecular weight is 240 g/mol. The normalized spacial score (nSPS) is 26.2. The van der Waals surface area contributed by atoms with Gasteiger partial charge in [-0.1, -0.05) is 12.8 Å². The van der Waals surface area contributed by atoms with Gasteiger partial charge in [0.2, 0.25) is 0 Å². The molecule has 4 heteroatoms. The smallest absolute Gasteiger partial charge is 0.107 e. The van der Waals surface area contributed by atoms with Gasteiger partial charge >= 0.3 is 0 Å². The van der Waals surface area contributed by atoms with Crippen LogP contribution in [0, 0.1) is 6.92 Å². The second-order valence-corrected chi connectivity index (χ2v) is 5.66. The molecule has 90 valence electrons. The van der Waals surface area contributed by atoms with Crippen LogP contribution in [-0.4, -0.2) is 34.2 Å². The highest BCUT2D eigenvalue weighted by molar-refractivity contribution is 7.09. The van der Waals surface area contributed by atoms with Crippen molar-refractivity contribution in [1.29, 1.82) is 0 Å². The monoisotopic (exact) mass is 240 g/mol. The highest BCUT2D eigenvalue weighted by atomic mass is 32.1. The predicted molar refractivity (Wildman–Crippen MR) is 66.6 cm³/mol. The molecule has 1 aliphatic carbocycles. The van der Waals surface area contributed by atoms with Gasteiger partial charge in [0.1, 0.15) is 5.01 Å². The maximum Gasteiger partial charge on any atom is 0.107 e. The van der Waals surface area contributed by atoms with Crippen LogP contribution in [0.4, 0.5) is 0 Å². The van der Waals surface area contributed by atoms with Crippen molar-refractivity contribution < 1.29 is 5.11 Å². The largest absolute Gasteiger partial charge is 0.391 e. The molecule has 1 aromatic heterocycles. The zero-order valence-electron chi connectivity index (χ0n) is 10.0. The number of rotatable bonds is 3. The van der Waals surface area contributed by atoms with Crippen LogP contribution < -0.4 is 0 Å². The van der Waals surface area contributed by atoms with Crippen LogP contribution in [0.3, 0.4) is 0 Å². The number of aryl methyl sites for hydroxylation is 1. The van der Waals surface area contributed by atoms with Crippen molar-refractivity contribution in [2.45, 2.75) is 51.3 Å². The van der Waals surface area contributed by atoms with Gasteiger partial charge in [0.15, 0.2) is 0 Å². The summed E-state index contributed by atoms with van der Waals surface area (Å²) in [5, 5.41) is 13.2. The number of hydrogen-bond acceptors (Lipinski definition) is 4. The molecule has 3 nitrogen and oxygen atoms in total. The van der Waals surface area contributed by atoms with Crippen molar-refractivity contribution in [2.24, 2.45) is 0 Å². The number of thiazole rings is 1. The summed E-state index contributed by atoms with van der Waals surface area (Å²) in [6.45, 7) is 2.88. The van der Waals surface area contributed by atoms with Crippen molar-refractivity contribution in [3.63, 3.8) is 0 Å². The Kier molecular flexibility index (Phi) is 3.95. The molecule has 0 aliphatic heterocycles. The molecule has 2 rings (SSSR count). The van der Waals surface area contributed by atoms with Crippen molar-refractivity contribution >= 4 is 11.3 Å². The molecule has 0 aromatic carbocycles. The summed E-state index contributed by atoms with van der Waals surface area (Å²) < 4.78 is 0. The van der Waals surface area contributed by atoms with Gasteiger partial charge < -0.3 is 5.11 Å². The first kappa shape index (κ1) is 12.0. The van der Waals surface area contributed by atoms with Crippen molar-refractivity contribution in [2.75, 3.05) is 7.05 Å². The number of nitrogens with zero attached hydrogens (tertiary/aromatic N) is 2. The first-order valence-electron chi connectivity index (χ1n) is 5.96. The lowest BCUT2D eigenvalue weighted by Gasteiger charge is -2.34. The van der Waals surface area contributed by atoms with Gasteiger partial charge in [-0.15, -0.1) is 11.3 Å². The summed E-state index contributed by atoms with van der Waals surface area (Å²) in [7, 11) is 2.09. The van der Waals surface area contributed by atoms with Crippen LogP contribution >= 0.6 is 11.3 Å². The molecule has 1 aliphatic rings. The summed E-state index contributed by atoms with van der Waals surface area (Å²) in [4.78, 5) is 6.72. The van der Waals surface area contributed by atoms with Crippen LogP contribution in [0.1, 0.15) is 36.4 Å². The van der Waals surface area contributed by atoms with Crippen molar-refractivity contribution in [1.82, 2.24) is 9.88 Å². The molecule has 16 heavy (non-hydrogen) atoms. The lowest BCUT2D eigenvalue weighted by atomic mass is 9.92. The molecular formula is C12H20N2OS. The maximum absolute atomic E-state index is 9.96. The minimum absolute atomic E-state index is 0.153. The Morgan fingerprint density at radius 2 is 2.25 bits per heavy atom. The third kappa shape index (κ3) is 2.81. The Morgan fingerprint density at radius 3 is 2.88 bits per heavy atom. The average Bonchev–Trinajstić information content (AvgIpc) is 2.64. The molecule has 2 atom stereocenters. The predicted octanol–water partition coefficient (Wildman–Crippen LogP) is 2.19. The number of aromatic nitrogens is 1. The van der Waals surface area contributed by atoms with E-state index in [0.717, 1.165) is 30.1 Å². The Bertz CT molecular complexity index is 340. The van der Waals surface area contributed by atoms with E-state index in [4.69, 9.17) is 0 Å². The quantitative estimate of drug-likeness (QED) is 0.880. The number of likely N-dealkylation sites (N-methyl/N-ethyl adjacent to an activating group) is 1. The summed E-state index contributed by atoms with van der Waals surface area (Å²) in [6, 6.07) is 0.318. The SMILES string of the molecule is Cc1csc(CN(C)C2CCCCC2O)n1. The van der Waals surface area contributed by atoms with E-state index in [0.29, 0.717) is 6.04 Å². The molecular weight excluding hydrogens is 220 g/mol. The Morgan fingerprint density at radius 1 is 1.50 bits per heavy atom. The second kappa shape index (κ2) is 5.25. The summed E-state index contributed by atoms with van der Waals surface area (Å²) in [5.41, 5.74) is 1.09. The molecule has 1 N–H and O–H groups in total. The number of aliphatic hydroxyl groups excluding tert-OH is 1. The number of aliphatic hydroxyl groups is 1. The van der Waals surface area contributed by atoms with Crippen LogP contribution in [0.25, 0.3) is 0 Å². The number of hydrogen-bond donors (Lipinski definition) is 1. The molecule has 1 aromatic rings. The maximum atomic E-state index is 9.96. The first-order valence-corrected chi connectivity index (χ1v) is 6.84. The van der Waals surface area contributed by atoms with E-state index < -0.39 is 0 Å². The van der Waals surface area contributed by atoms with E-state index >= 15 is 0 Å². The van der Waals surface area contributed by atoms with Gasteiger partial charge in [-0.2, -0.15) is 0 Å². The molecule has 2 unspecified atom stereocenters. The summed E-state index contributed by atoms with van der Waals surface area (Å²) in [6.07, 6.45) is 4.32. The Balaban J connectivity index is 1.93. The van der Waals surface area contributed by atoms with E-state index in [1.54, 1.807) is 11.3 Å². The van der Waals surface area contributed by atoms with Gasteiger partial charge in [0.25, 0.3) is 0 Å². The zero-order valence-corrected chi connectivity index (χ0v) is 10.8. The lowest BCUT2D eigenvalue weighted by molar-refractivity contribution is 0.0288. The van der Waals surface area contributed by atoms with Crippen LogP contribution in [0.2, 0.25) is 0 Å². The molecule has 1 fully saturated rings. The fraction of sp³-hybridized carbons (Fsp3) is 0.750. The molecule has 0 bridgehead atoms. The van der Waals surface area contributed by atoms with Gasteiger partial charge in [0, 0.05) is 17.1 Å². The molecule has 0 spiro atoms. The standard InChI is InChI=1S/C12H20N2OS/c1-9-8-16-12(13-9)7-14(2)10-5-3-4-6-11(10)15/h8,10-11,15H,3-7H2,1-2H3. The van der Waals surface area contributed by atoms with Crippen molar-refractivity contribution in [3.8, 4) is 0 Å². The van der Waals surface area contributed by atoms with E-state index in [1.165, 1.54) is 12.8 Å². The minimum Gasteiger partial charge on any atom is -0.391 e. The van der Waals surface area contributed by atoms with E-state index in [9.17, 15) is 5.11 Å². The van der Waals surface area contributed by atoms with Crippen LogP contribution in [0.15, 0.2) is 5.38 Å². The summed E-state index contributed by atoms with van der Waals surface area (Å²) in [5.74, 6) is 0.